The molecule has 2 rings (SSSR count). The van der Waals surface area contributed by atoms with Crippen molar-refractivity contribution in [3.8, 4) is 0 Å². The van der Waals surface area contributed by atoms with Crippen molar-refractivity contribution < 1.29 is 9.50 Å². The van der Waals surface area contributed by atoms with Crippen LogP contribution in [0.1, 0.15) is 16.5 Å². The van der Waals surface area contributed by atoms with E-state index in [1.165, 1.54) is 23.5 Å². The van der Waals surface area contributed by atoms with E-state index in [1.807, 2.05) is 0 Å². The van der Waals surface area contributed by atoms with Gasteiger partial charge in [-0.3, -0.25) is 0 Å². The van der Waals surface area contributed by atoms with Crippen LogP contribution in [0, 0.1) is 5.82 Å². The topological polar surface area (TPSA) is 20.2 Å². The molecule has 1 aromatic heterocycles. The third-order valence-corrected chi connectivity index (χ3v) is 3.71. The Bertz CT molecular complexity index is 512. The van der Waals surface area contributed by atoms with Crippen molar-refractivity contribution in [2.45, 2.75) is 6.10 Å². The highest BCUT2D eigenvalue weighted by Crippen LogP contribution is 2.31. The summed E-state index contributed by atoms with van der Waals surface area (Å²) in [7, 11) is 0. The van der Waals surface area contributed by atoms with Gasteiger partial charge in [-0.25, -0.2) is 4.39 Å². The second-order valence-corrected chi connectivity index (χ2v) is 5.37. The molecule has 0 saturated carbocycles. The number of aliphatic hydroxyl groups is 1. The number of aliphatic hydroxyl groups excluding tert-OH is 1. The molecule has 5 heteroatoms. The van der Waals surface area contributed by atoms with Gasteiger partial charge in [-0.2, -0.15) is 0 Å². The molecule has 1 heterocycles. The zero-order valence-corrected chi connectivity index (χ0v) is 10.3. The summed E-state index contributed by atoms with van der Waals surface area (Å²) in [5, 5.41) is 10.0. The SMILES string of the molecule is OC(c1ccc(Cl)c(F)c1)c1ccc(Cl)s1. The van der Waals surface area contributed by atoms with Gasteiger partial charge in [0.05, 0.1) is 9.36 Å². The Morgan fingerprint density at radius 3 is 2.50 bits per heavy atom. The second kappa shape index (κ2) is 4.72. The van der Waals surface area contributed by atoms with Gasteiger partial charge in [0.2, 0.25) is 0 Å². The highest BCUT2D eigenvalue weighted by Gasteiger charge is 2.14. The molecular formula is C11H7Cl2FOS. The Morgan fingerprint density at radius 1 is 1.19 bits per heavy atom. The summed E-state index contributed by atoms with van der Waals surface area (Å²) >= 11 is 12.6. The van der Waals surface area contributed by atoms with Crippen LogP contribution < -0.4 is 0 Å². The maximum Gasteiger partial charge on any atom is 0.142 e. The van der Waals surface area contributed by atoms with Crippen LogP contribution in [0.25, 0.3) is 0 Å². The molecule has 16 heavy (non-hydrogen) atoms. The van der Waals surface area contributed by atoms with Gasteiger partial charge in [-0.15, -0.1) is 11.3 Å². The monoisotopic (exact) mass is 276 g/mol. The molecule has 0 bridgehead atoms. The first-order valence-corrected chi connectivity index (χ1v) is 6.03. The molecule has 1 N–H and O–H groups in total. The van der Waals surface area contributed by atoms with Crippen molar-refractivity contribution in [1.29, 1.82) is 0 Å². The minimum absolute atomic E-state index is 0.0418. The van der Waals surface area contributed by atoms with E-state index in [2.05, 4.69) is 0 Å². The molecule has 0 aliphatic carbocycles. The van der Waals surface area contributed by atoms with Gasteiger partial charge in [0.25, 0.3) is 0 Å². The molecule has 0 fully saturated rings. The fourth-order valence-electron chi connectivity index (χ4n) is 1.32. The summed E-state index contributed by atoms with van der Waals surface area (Å²) in [5.74, 6) is -0.541. The van der Waals surface area contributed by atoms with E-state index in [0.29, 0.717) is 14.8 Å². The van der Waals surface area contributed by atoms with Gasteiger partial charge >= 0.3 is 0 Å². The lowest BCUT2D eigenvalue weighted by Gasteiger charge is -2.09. The summed E-state index contributed by atoms with van der Waals surface area (Å²) in [5.41, 5.74) is 0.459. The molecule has 0 aliphatic heterocycles. The van der Waals surface area contributed by atoms with Gasteiger partial charge < -0.3 is 5.11 Å². The Hall–Kier alpha value is -0.610. The van der Waals surface area contributed by atoms with Crippen molar-refractivity contribution >= 4 is 34.5 Å². The van der Waals surface area contributed by atoms with E-state index >= 15 is 0 Å². The minimum Gasteiger partial charge on any atom is -0.383 e. The number of rotatable bonds is 2. The van der Waals surface area contributed by atoms with Crippen LogP contribution in [0.4, 0.5) is 4.39 Å². The van der Waals surface area contributed by atoms with Crippen LogP contribution in [-0.4, -0.2) is 5.11 Å². The average molecular weight is 277 g/mol. The molecule has 0 amide bonds. The third kappa shape index (κ3) is 2.38. The van der Waals surface area contributed by atoms with Gasteiger partial charge in [0.15, 0.2) is 0 Å². The number of benzene rings is 1. The lowest BCUT2D eigenvalue weighted by molar-refractivity contribution is 0.223. The van der Waals surface area contributed by atoms with Crippen molar-refractivity contribution in [2.24, 2.45) is 0 Å². The summed E-state index contributed by atoms with van der Waals surface area (Å²) in [6.45, 7) is 0. The largest absolute Gasteiger partial charge is 0.383 e. The molecule has 0 spiro atoms. The van der Waals surface area contributed by atoms with Crippen molar-refractivity contribution in [3.05, 3.63) is 55.9 Å². The molecular weight excluding hydrogens is 270 g/mol. The lowest BCUT2D eigenvalue weighted by Crippen LogP contribution is -1.97. The molecule has 0 aliphatic rings. The van der Waals surface area contributed by atoms with Crippen molar-refractivity contribution in [2.75, 3.05) is 0 Å². The predicted molar refractivity (Wildman–Crippen MR) is 64.8 cm³/mol. The third-order valence-electron chi connectivity index (χ3n) is 2.12. The summed E-state index contributed by atoms with van der Waals surface area (Å²) in [6.07, 6.45) is -0.871. The first kappa shape index (κ1) is 11.9. The number of thiophene rings is 1. The highest BCUT2D eigenvalue weighted by atomic mass is 35.5. The first-order chi connectivity index (χ1) is 7.58. The van der Waals surface area contributed by atoms with Gasteiger partial charge in [0.1, 0.15) is 11.9 Å². The van der Waals surface area contributed by atoms with E-state index < -0.39 is 11.9 Å². The molecule has 1 aromatic carbocycles. The van der Waals surface area contributed by atoms with Crippen molar-refractivity contribution in [1.82, 2.24) is 0 Å². The fraction of sp³-hybridized carbons (Fsp3) is 0.0909. The molecule has 1 unspecified atom stereocenters. The normalized spacial score (nSPS) is 12.8. The van der Waals surface area contributed by atoms with Crippen LogP contribution in [0.5, 0.6) is 0 Å². The molecule has 0 radical (unpaired) electrons. The smallest absolute Gasteiger partial charge is 0.142 e. The summed E-state index contributed by atoms with van der Waals surface area (Å²) in [6, 6.07) is 7.64. The zero-order valence-electron chi connectivity index (χ0n) is 7.95. The van der Waals surface area contributed by atoms with Crippen LogP contribution in [0.3, 0.4) is 0 Å². The number of hydrogen-bond acceptors (Lipinski definition) is 2. The lowest BCUT2D eigenvalue weighted by atomic mass is 10.1. The summed E-state index contributed by atoms with van der Waals surface area (Å²) in [4.78, 5) is 0.673. The fourth-order valence-corrected chi connectivity index (χ4v) is 2.51. The minimum atomic E-state index is -0.871. The van der Waals surface area contributed by atoms with Gasteiger partial charge in [0, 0.05) is 4.88 Å². The number of hydrogen-bond donors (Lipinski definition) is 1. The Morgan fingerprint density at radius 2 is 1.94 bits per heavy atom. The predicted octanol–water partition coefficient (Wildman–Crippen LogP) is 4.28. The molecule has 1 atom stereocenters. The van der Waals surface area contributed by atoms with E-state index in [1.54, 1.807) is 18.2 Å². The molecule has 2 aromatic rings. The maximum absolute atomic E-state index is 13.2. The van der Waals surface area contributed by atoms with Crippen LogP contribution >= 0.6 is 34.5 Å². The second-order valence-electron chi connectivity index (χ2n) is 3.22. The zero-order chi connectivity index (χ0) is 11.7. The van der Waals surface area contributed by atoms with Gasteiger partial charge in [-0.1, -0.05) is 29.3 Å². The Balaban J connectivity index is 2.33. The number of halogens is 3. The molecule has 84 valence electrons. The average Bonchev–Trinajstić information content (AvgIpc) is 2.68. The summed E-state index contributed by atoms with van der Waals surface area (Å²) < 4.78 is 13.8. The molecule has 1 nitrogen and oxygen atoms in total. The van der Waals surface area contributed by atoms with E-state index in [9.17, 15) is 9.50 Å². The van der Waals surface area contributed by atoms with Crippen LogP contribution in [0.15, 0.2) is 30.3 Å². The quantitative estimate of drug-likeness (QED) is 0.868. The van der Waals surface area contributed by atoms with E-state index in [-0.39, 0.29) is 5.02 Å². The standard InChI is InChI=1S/C11H7Cl2FOS/c12-7-2-1-6(5-8(7)14)11(15)9-3-4-10(13)16-9/h1-5,11,15H. The van der Waals surface area contributed by atoms with Gasteiger partial charge in [-0.05, 0) is 29.8 Å². The molecule has 0 saturated heterocycles. The van der Waals surface area contributed by atoms with Crippen LogP contribution in [-0.2, 0) is 0 Å². The first-order valence-electron chi connectivity index (χ1n) is 4.46. The Kier molecular flexibility index (Phi) is 3.50. The maximum atomic E-state index is 13.2. The van der Waals surface area contributed by atoms with E-state index in [4.69, 9.17) is 23.2 Å². The Labute approximate surface area is 106 Å². The van der Waals surface area contributed by atoms with Crippen LogP contribution in [0.2, 0.25) is 9.36 Å². The van der Waals surface area contributed by atoms with E-state index in [0.717, 1.165) is 0 Å². The highest BCUT2D eigenvalue weighted by molar-refractivity contribution is 7.16. The van der Waals surface area contributed by atoms with Crippen molar-refractivity contribution in [3.63, 3.8) is 0 Å².